The number of nitrogens with zero attached hydrogens (tertiary/aromatic N) is 3. The van der Waals surface area contributed by atoms with Gasteiger partial charge in [-0.2, -0.15) is 0 Å². The average Bonchev–Trinajstić information content (AvgIpc) is 3.18. The molecule has 0 bridgehead atoms. The molecule has 1 amide bonds. The second-order valence-corrected chi connectivity index (χ2v) is 9.66. The Hall–Kier alpha value is -1.35. The number of carbonyl (C=O) groups excluding carboxylic acids is 1. The van der Waals surface area contributed by atoms with Gasteiger partial charge in [0.15, 0.2) is 5.13 Å². The zero-order valence-corrected chi connectivity index (χ0v) is 20.5. The summed E-state index contributed by atoms with van der Waals surface area (Å²) in [4.78, 5) is 23.3. The maximum Gasteiger partial charge on any atom is 0.239 e. The SMILES string of the molecule is Cc1cc(Cl)cc2sc(N(CCN3CCOCC3)C(=O)CSc3ccccc3)nc12.Cl. The molecule has 0 atom stereocenters. The van der Waals surface area contributed by atoms with E-state index >= 15 is 0 Å². The number of hydrogen-bond donors (Lipinski definition) is 0. The van der Waals surface area contributed by atoms with E-state index in [-0.39, 0.29) is 18.3 Å². The number of anilines is 1. The lowest BCUT2D eigenvalue weighted by atomic mass is 10.2. The average molecular weight is 499 g/mol. The minimum Gasteiger partial charge on any atom is -0.379 e. The number of carbonyl (C=O) groups is 1. The highest BCUT2D eigenvalue weighted by molar-refractivity contribution is 8.00. The Labute approximate surface area is 202 Å². The fourth-order valence-corrected chi connectivity index (χ4v) is 5.65. The molecule has 0 radical (unpaired) electrons. The maximum atomic E-state index is 13.2. The van der Waals surface area contributed by atoms with Crippen molar-refractivity contribution < 1.29 is 9.53 Å². The molecule has 5 nitrogen and oxygen atoms in total. The number of benzene rings is 2. The summed E-state index contributed by atoms with van der Waals surface area (Å²) in [5, 5.41) is 1.43. The number of thioether (sulfide) groups is 1. The molecular weight excluding hydrogens is 473 g/mol. The normalized spacial score (nSPS) is 14.4. The second kappa shape index (κ2) is 11.5. The quantitative estimate of drug-likeness (QED) is 0.423. The number of halogens is 2. The molecule has 0 aliphatic carbocycles. The molecule has 4 rings (SSSR count). The van der Waals surface area contributed by atoms with E-state index in [1.165, 1.54) is 11.3 Å². The predicted octanol–water partition coefficient (Wildman–Crippen LogP) is 5.14. The number of hydrogen-bond acceptors (Lipinski definition) is 6. The molecule has 2 heterocycles. The van der Waals surface area contributed by atoms with Crippen LogP contribution in [0.1, 0.15) is 5.56 Å². The lowest BCUT2D eigenvalue weighted by molar-refractivity contribution is -0.116. The van der Waals surface area contributed by atoms with Crippen molar-refractivity contribution in [3.05, 3.63) is 53.1 Å². The fourth-order valence-electron chi connectivity index (χ4n) is 3.39. The van der Waals surface area contributed by atoms with Crippen LogP contribution in [0, 0.1) is 6.92 Å². The van der Waals surface area contributed by atoms with E-state index in [0.717, 1.165) is 58.7 Å². The van der Waals surface area contributed by atoms with Crippen molar-refractivity contribution in [2.75, 3.05) is 50.0 Å². The zero-order valence-electron chi connectivity index (χ0n) is 17.3. The molecule has 3 aromatic rings. The minimum atomic E-state index is 0. The first-order chi connectivity index (χ1) is 14.6. The molecule has 166 valence electrons. The Kier molecular flexibility index (Phi) is 9.01. The summed E-state index contributed by atoms with van der Waals surface area (Å²) in [6, 6.07) is 13.9. The van der Waals surface area contributed by atoms with Crippen LogP contribution in [0.2, 0.25) is 5.02 Å². The second-order valence-electron chi connectivity index (χ2n) is 7.17. The Balaban J connectivity index is 0.00000272. The molecule has 1 fully saturated rings. The Morgan fingerprint density at radius 1 is 1.26 bits per heavy atom. The van der Waals surface area contributed by atoms with Crippen molar-refractivity contribution in [3.8, 4) is 0 Å². The molecule has 0 unspecified atom stereocenters. The number of aromatic nitrogens is 1. The third-order valence-electron chi connectivity index (χ3n) is 5.02. The molecule has 2 aromatic carbocycles. The predicted molar refractivity (Wildman–Crippen MR) is 133 cm³/mol. The van der Waals surface area contributed by atoms with Gasteiger partial charge >= 0.3 is 0 Å². The number of aryl methyl sites for hydroxylation is 1. The van der Waals surface area contributed by atoms with Gasteiger partial charge in [-0.15, -0.1) is 24.2 Å². The van der Waals surface area contributed by atoms with E-state index in [2.05, 4.69) is 4.90 Å². The van der Waals surface area contributed by atoms with Gasteiger partial charge in [-0.25, -0.2) is 4.98 Å². The summed E-state index contributed by atoms with van der Waals surface area (Å²) in [7, 11) is 0. The van der Waals surface area contributed by atoms with E-state index in [0.29, 0.717) is 17.3 Å². The van der Waals surface area contributed by atoms with Gasteiger partial charge < -0.3 is 4.74 Å². The molecule has 0 spiro atoms. The molecule has 0 N–H and O–H groups in total. The van der Waals surface area contributed by atoms with Crippen LogP contribution in [0.4, 0.5) is 5.13 Å². The molecular formula is C22H25Cl2N3O2S2. The minimum absolute atomic E-state index is 0. The van der Waals surface area contributed by atoms with Gasteiger partial charge in [0.1, 0.15) is 0 Å². The lowest BCUT2D eigenvalue weighted by Crippen LogP contribution is -2.43. The first-order valence-corrected chi connectivity index (χ1v) is 12.1. The van der Waals surface area contributed by atoms with Crippen molar-refractivity contribution >= 4 is 68.4 Å². The summed E-state index contributed by atoms with van der Waals surface area (Å²) < 4.78 is 6.45. The van der Waals surface area contributed by atoms with Gasteiger partial charge in [0.25, 0.3) is 0 Å². The Morgan fingerprint density at radius 3 is 2.74 bits per heavy atom. The van der Waals surface area contributed by atoms with Gasteiger partial charge in [0.2, 0.25) is 5.91 Å². The van der Waals surface area contributed by atoms with Crippen molar-refractivity contribution in [2.24, 2.45) is 0 Å². The fraction of sp³-hybridized carbons (Fsp3) is 0.364. The molecule has 1 saturated heterocycles. The van der Waals surface area contributed by atoms with Gasteiger partial charge in [0, 0.05) is 36.1 Å². The van der Waals surface area contributed by atoms with Crippen LogP contribution in [0.15, 0.2) is 47.4 Å². The molecule has 0 saturated carbocycles. The summed E-state index contributed by atoms with van der Waals surface area (Å²) in [6.07, 6.45) is 0. The van der Waals surface area contributed by atoms with Crippen molar-refractivity contribution in [1.29, 1.82) is 0 Å². The molecule has 1 aliphatic rings. The van der Waals surface area contributed by atoms with Crippen LogP contribution in [0.25, 0.3) is 10.2 Å². The first kappa shape index (κ1) is 24.3. The first-order valence-electron chi connectivity index (χ1n) is 9.95. The number of amides is 1. The van der Waals surface area contributed by atoms with Gasteiger partial charge in [-0.05, 0) is 36.8 Å². The molecule has 9 heteroatoms. The summed E-state index contributed by atoms with van der Waals surface area (Å²) in [6.45, 7) is 6.71. The number of fused-ring (bicyclic) bond motifs is 1. The van der Waals surface area contributed by atoms with Crippen LogP contribution in [-0.4, -0.2) is 60.9 Å². The van der Waals surface area contributed by atoms with Gasteiger partial charge in [0.05, 0.1) is 29.2 Å². The van der Waals surface area contributed by atoms with Crippen LogP contribution in [0.3, 0.4) is 0 Å². The van der Waals surface area contributed by atoms with E-state index in [4.69, 9.17) is 21.3 Å². The van der Waals surface area contributed by atoms with Crippen LogP contribution in [-0.2, 0) is 9.53 Å². The van der Waals surface area contributed by atoms with Gasteiger partial charge in [-0.3, -0.25) is 14.6 Å². The Bertz CT molecular complexity index is 1010. The van der Waals surface area contributed by atoms with Crippen LogP contribution >= 0.6 is 47.1 Å². The third kappa shape index (κ3) is 6.34. The van der Waals surface area contributed by atoms with Crippen molar-refractivity contribution in [2.45, 2.75) is 11.8 Å². The highest BCUT2D eigenvalue weighted by Crippen LogP contribution is 2.33. The summed E-state index contributed by atoms with van der Waals surface area (Å²) in [5.74, 6) is 0.447. The number of morpholine rings is 1. The van der Waals surface area contributed by atoms with Gasteiger partial charge in [-0.1, -0.05) is 41.1 Å². The largest absolute Gasteiger partial charge is 0.379 e. The van der Waals surface area contributed by atoms with Crippen LogP contribution in [0.5, 0.6) is 0 Å². The zero-order chi connectivity index (χ0) is 20.9. The standard InChI is InChI=1S/C22H24ClN3O2S2.ClH/c1-16-13-17(23)14-19-21(16)24-22(30-19)26(8-7-25-9-11-28-12-10-25)20(27)15-29-18-5-3-2-4-6-18;/h2-6,13-14H,7-12,15H2,1H3;1H. The summed E-state index contributed by atoms with van der Waals surface area (Å²) in [5.41, 5.74) is 1.94. The maximum absolute atomic E-state index is 13.2. The van der Waals surface area contributed by atoms with Crippen molar-refractivity contribution in [3.63, 3.8) is 0 Å². The third-order valence-corrected chi connectivity index (χ3v) is 7.26. The highest BCUT2D eigenvalue weighted by atomic mass is 35.5. The van der Waals surface area contributed by atoms with E-state index < -0.39 is 0 Å². The number of ether oxygens (including phenoxy) is 1. The monoisotopic (exact) mass is 497 g/mol. The lowest BCUT2D eigenvalue weighted by Gasteiger charge is -2.29. The number of thiazole rings is 1. The van der Waals surface area contributed by atoms with Crippen molar-refractivity contribution in [1.82, 2.24) is 9.88 Å². The van der Waals surface area contributed by atoms with E-state index in [1.54, 1.807) is 11.8 Å². The summed E-state index contributed by atoms with van der Waals surface area (Å²) >= 11 is 9.32. The highest BCUT2D eigenvalue weighted by Gasteiger charge is 2.22. The number of rotatable bonds is 7. The van der Waals surface area contributed by atoms with Crippen LogP contribution < -0.4 is 4.90 Å². The topological polar surface area (TPSA) is 45.7 Å². The smallest absolute Gasteiger partial charge is 0.239 e. The molecule has 1 aromatic heterocycles. The Morgan fingerprint density at radius 2 is 2.00 bits per heavy atom. The molecule has 31 heavy (non-hydrogen) atoms. The van der Waals surface area contributed by atoms with E-state index in [9.17, 15) is 4.79 Å². The van der Waals surface area contributed by atoms with E-state index in [1.807, 2.05) is 54.3 Å². The molecule has 1 aliphatic heterocycles.